The highest BCUT2D eigenvalue weighted by atomic mass is 16.5. The first-order chi connectivity index (χ1) is 29.8. The third-order valence-electron chi connectivity index (χ3n) is 14.2. The lowest BCUT2D eigenvalue weighted by Gasteiger charge is -2.40. The number of alkyl carbamates (subject to hydrolysis) is 2. The van der Waals surface area contributed by atoms with E-state index in [0.717, 1.165) is 94.6 Å². The van der Waals surface area contributed by atoms with Crippen molar-refractivity contribution in [1.29, 1.82) is 0 Å². The molecule has 9 rings (SSSR count). The van der Waals surface area contributed by atoms with Crippen LogP contribution in [0, 0.1) is 23.7 Å². The van der Waals surface area contributed by atoms with E-state index in [1.165, 1.54) is 14.2 Å². The van der Waals surface area contributed by atoms with E-state index in [1.807, 2.05) is 56.0 Å². The summed E-state index contributed by atoms with van der Waals surface area (Å²) in [5.41, 5.74) is 4.82. The predicted octanol–water partition coefficient (Wildman–Crippen LogP) is 7.72. The number of fused-ring (bicyclic) bond motifs is 5. The SMILES string of the molecule is COC(=O)N[C@H](C(=O)N1C[C@H]2CC[C@@]1(c1ncc(-c3ccc(-c4ccc(-c5cnc([C@@]67CC[C@H](CN6C(=O)[C@@H](NC(=O)OC)C(C)C)C7)[nH]5)c5ccccc45)cc3)[nH]1)C2)C(C)C. The third-order valence-corrected chi connectivity index (χ3v) is 14.2. The molecule has 2 aromatic heterocycles. The fraction of sp³-hybridized carbons (Fsp3) is 0.458. The number of H-pyrrole nitrogens is 2. The molecule has 0 spiro atoms. The van der Waals surface area contributed by atoms with Crippen LogP contribution in [0.1, 0.15) is 77.9 Å². The molecule has 4 fully saturated rings. The molecule has 2 aliphatic heterocycles. The Kier molecular flexibility index (Phi) is 10.6. The quantitative estimate of drug-likeness (QED) is 0.105. The summed E-state index contributed by atoms with van der Waals surface area (Å²) in [5, 5.41) is 7.72. The number of nitrogens with one attached hydrogen (secondary N) is 4. The van der Waals surface area contributed by atoms with Crippen molar-refractivity contribution >= 4 is 34.8 Å². The number of nitrogens with zero attached hydrogens (tertiary/aromatic N) is 4. The van der Waals surface area contributed by atoms with Gasteiger partial charge in [-0.3, -0.25) is 9.59 Å². The molecule has 62 heavy (non-hydrogen) atoms. The van der Waals surface area contributed by atoms with Gasteiger partial charge in [-0.15, -0.1) is 0 Å². The number of methoxy groups -OCH3 is 2. The van der Waals surface area contributed by atoms with Gasteiger partial charge in [0.25, 0.3) is 0 Å². The van der Waals surface area contributed by atoms with Gasteiger partial charge in [-0.1, -0.05) is 88.4 Å². The molecular weight excluding hydrogens is 785 g/mol. The largest absolute Gasteiger partial charge is 0.453 e. The van der Waals surface area contributed by atoms with Gasteiger partial charge in [0.2, 0.25) is 11.8 Å². The molecule has 14 nitrogen and oxygen atoms in total. The van der Waals surface area contributed by atoms with Crippen LogP contribution in [-0.2, 0) is 30.1 Å². The van der Waals surface area contributed by atoms with Crippen molar-refractivity contribution in [3.05, 3.63) is 84.7 Å². The second-order valence-electron chi connectivity index (χ2n) is 18.5. The molecule has 4 amide bonds. The summed E-state index contributed by atoms with van der Waals surface area (Å²) >= 11 is 0. The van der Waals surface area contributed by atoms with Crippen LogP contribution in [0.5, 0.6) is 0 Å². The zero-order valence-electron chi connectivity index (χ0n) is 36.3. The number of carbonyl (C=O) groups excluding carboxylic acids is 4. The van der Waals surface area contributed by atoms with E-state index in [9.17, 15) is 19.2 Å². The topological polar surface area (TPSA) is 175 Å². The molecular formula is C48H56N8O6. The Morgan fingerprint density at radius 3 is 1.58 bits per heavy atom. The van der Waals surface area contributed by atoms with Crippen LogP contribution in [0.15, 0.2) is 73.1 Å². The Balaban J connectivity index is 0.966. The van der Waals surface area contributed by atoms with Gasteiger partial charge in [-0.05, 0) is 89.7 Å². The van der Waals surface area contributed by atoms with E-state index in [1.54, 1.807) is 0 Å². The number of hydrogen-bond acceptors (Lipinski definition) is 8. The first kappa shape index (κ1) is 41.2. The molecule has 3 aromatic carbocycles. The highest BCUT2D eigenvalue weighted by molar-refractivity contribution is 6.04. The van der Waals surface area contributed by atoms with E-state index < -0.39 is 35.3 Å². The van der Waals surface area contributed by atoms with Gasteiger partial charge in [-0.25, -0.2) is 19.6 Å². The summed E-state index contributed by atoms with van der Waals surface area (Å²) in [6, 6.07) is 19.8. The lowest BCUT2D eigenvalue weighted by molar-refractivity contribution is -0.141. The fourth-order valence-corrected chi connectivity index (χ4v) is 11.0. The van der Waals surface area contributed by atoms with Crippen molar-refractivity contribution in [2.24, 2.45) is 23.7 Å². The highest BCUT2D eigenvalue weighted by Crippen LogP contribution is 2.54. The average Bonchev–Trinajstić information content (AvgIpc) is 4.16. The minimum atomic E-state index is -0.701. The van der Waals surface area contributed by atoms with Gasteiger partial charge in [0.05, 0.1) is 38.0 Å². The number of aromatic nitrogens is 4. The van der Waals surface area contributed by atoms with E-state index >= 15 is 0 Å². The number of rotatable bonds is 11. The molecule has 4 heterocycles. The number of amides is 4. The second-order valence-corrected chi connectivity index (χ2v) is 18.5. The molecule has 2 saturated carbocycles. The van der Waals surface area contributed by atoms with Crippen molar-refractivity contribution in [3.8, 4) is 33.6 Å². The summed E-state index contributed by atoms with van der Waals surface area (Å²) in [4.78, 5) is 73.5. The standard InChI is InChI=1S/C48H56N8O6/c1-27(2)39(53-45(59)61-5)41(57)55-25-29-17-19-47(55,21-29)43-49-23-37(51-43)32-13-11-31(12-14-32)33-15-16-36(35-10-8-7-9-34(33)35)38-24-50-44(52-38)48-20-18-30(22-48)26-56(48)42(58)40(28(3)4)54-46(60)62-6/h7-16,23-24,27-30,39-40H,17-22,25-26H2,1-6H3,(H,49,51)(H,50,52)(H,53,59)(H,54,60)/t29-,30-,39-,40-,47-,48-/m0/s1. The lowest BCUT2D eigenvalue weighted by atomic mass is 9.92. The Morgan fingerprint density at radius 2 is 1.10 bits per heavy atom. The number of benzene rings is 3. The Morgan fingerprint density at radius 1 is 0.645 bits per heavy atom. The summed E-state index contributed by atoms with van der Waals surface area (Å²) in [6.07, 6.45) is 7.85. The number of hydrogen-bond donors (Lipinski definition) is 4. The van der Waals surface area contributed by atoms with Crippen molar-refractivity contribution < 1.29 is 28.7 Å². The van der Waals surface area contributed by atoms with E-state index in [2.05, 4.69) is 75.2 Å². The highest BCUT2D eigenvalue weighted by Gasteiger charge is 2.58. The monoisotopic (exact) mass is 840 g/mol. The molecule has 4 N–H and O–H groups in total. The maximum atomic E-state index is 14.1. The number of aromatic amines is 2. The van der Waals surface area contributed by atoms with Gasteiger partial charge in [-0.2, -0.15) is 0 Å². The average molecular weight is 841 g/mol. The molecule has 324 valence electrons. The van der Waals surface area contributed by atoms with Crippen LogP contribution < -0.4 is 10.6 Å². The van der Waals surface area contributed by atoms with Gasteiger partial charge in [0, 0.05) is 18.7 Å². The van der Waals surface area contributed by atoms with E-state index in [-0.39, 0.29) is 23.7 Å². The van der Waals surface area contributed by atoms with Crippen molar-refractivity contribution in [1.82, 2.24) is 40.4 Å². The Labute approximate surface area is 361 Å². The molecule has 14 heteroatoms. The lowest BCUT2D eigenvalue weighted by Crippen LogP contribution is -2.56. The summed E-state index contributed by atoms with van der Waals surface area (Å²) in [6.45, 7) is 8.99. The molecule has 2 aliphatic carbocycles. The van der Waals surface area contributed by atoms with Gasteiger partial charge in [0.1, 0.15) is 34.8 Å². The van der Waals surface area contributed by atoms with E-state index in [4.69, 9.17) is 19.4 Å². The van der Waals surface area contributed by atoms with E-state index in [0.29, 0.717) is 24.9 Å². The normalized spacial score (nSPS) is 23.6. The van der Waals surface area contributed by atoms with Crippen LogP contribution in [-0.4, -0.2) is 93.1 Å². The predicted molar refractivity (Wildman–Crippen MR) is 234 cm³/mol. The number of imidazole rings is 2. The van der Waals surface area contributed by atoms with Crippen molar-refractivity contribution in [3.63, 3.8) is 0 Å². The number of likely N-dealkylation sites (tertiary alicyclic amines) is 2. The first-order valence-electron chi connectivity index (χ1n) is 21.9. The van der Waals surface area contributed by atoms with Crippen molar-refractivity contribution in [2.45, 2.75) is 89.4 Å². The second kappa shape index (κ2) is 15.9. The number of piperidine rings is 2. The Bertz CT molecular complexity index is 2530. The molecule has 2 saturated heterocycles. The fourth-order valence-electron chi connectivity index (χ4n) is 11.0. The molecule has 6 atom stereocenters. The van der Waals surface area contributed by atoms with Crippen LogP contribution in [0.2, 0.25) is 0 Å². The van der Waals surface area contributed by atoms with Gasteiger partial charge >= 0.3 is 12.2 Å². The minimum Gasteiger partial charge on any atom is -0.453 e. The molecule has 5 aromatic rings. The third kappa shape index (κ3) is 6.87. The maximum Gasteiger partial charge on any atom is 0.407 e. The van der Waals surface area contributed by atoms with Crippen LogP contribution in [0.3, 0.4) is 0 Å². The molecule has 0 radical (unpaired) electrons. The van der Waals surface area contributed by atoms with Crippen LogP contribution in [0.25, 0.3) is 44.4 Å². The van der Waals surface area contributed by atoms with Crippen LogP contribution in [0.4, 0.5) is 9.59 Å². The maximum absolute atomic E-state index is 14.1. The molecule has 0 unspecified atom stereocenters. The molecule has 4 bridgehead atoms. The van der Waals surface area contributed by atoms with Gasteiger partial charge in [0.15, 0.2) is 0 Å². The number of ether oxygens (including phenoxy) is 2. The minimum absolute atomic E-state index is 0.105. The zero-order chi connectivity index (χ0) is 43.5. The van der Waals surface area contributed by atoms with Crippen molar-refractivity contribution in [2.75, 3.05) is 27.3 Å². The molecule has 4 aliphatic rings. The summed E-state index contributed by atoms with van der Waals surface area (Å²) in [7, 11) is 2.62. The smallest absolute Gasteiger partial charge is 0.407 e. The number of carbonyl (C=O) groups is 4. The Hall–Kier alpha value is -6.18. The zero-order valence-corrected chi connectivity index (χ0v) is 36.3. The summed E-state index contributed by atoms with van der Waals surface area (Å²) < 4.78 is 9.69. The van der Waals surface area contributed by atoms with Gasteiger partial charge < -0.3 is 39.9 Å². The van der Waals surface area contributed by atoms with Crippen LogP contribution >= 0.6 is 0 Å². The first-order valence-corrected chi connectivity index (χ1v) is 21.9. The summed E-state index contributed by atoms with van der Waals surface area (Å²) in [5.74, 6) is 1.89.